The second kappa shape index (κ2) is 5.68. The normalized spacial score (nSPS) is 13.8. The van der Waals surface area contributed by atoms with Crippen molar-refractivity contribution in [2.75, 3.05) is 6.61 Å². The van der Waals surface area contributed by atoms with Gasteiger partial charge in [-0.15, -0.1) is 0 Å². The van der Waals surface area contributed by atoms with Crippen molar-refractivity contribution in [3.63, 3.8) is 0 Å². The molecule has 0 radical (unpaired) electrons. The highest BCUT2D eigenvalue weighted by molar-refractivity contribution is 5.98. The van der Waals surface area contributed by atoms with E-state index in [2.05, 4.69) is 0 Å². The van der Waals surface area contributed by atoms with E-state index in [4.69, 9.17) is 4.74 Å². The molecule has 0 rings (SSSR count). The summed E-state index contributed by atoms with van der Waals surface area (Å²) in [5.41, 5.74) is -0.236. The van der Waals surface area contributed by atoms with Gasteiger partial charge in [0.2, 0.25) is 0 Å². The van der Waals surface area contributed by atoms with E-state index >= 15 is 0 Å². The van der Waals surface area contributed by atoms with Gasteiger partial charge in [-0.05, 0) is 34.1 Å². The second-order valence-corrected chi connectivity index (χ2v) is 4.09. The van der Waals surface area contributed by atoms with E-state index in [0.717, 1.165) is 0 Å². The van der Waals surface area contributed by atoms with Gasteiger partial charge in [-0.1, -0.05) is 12.5 Å². The topological polar surface area (TPSA) is 63.6 Å². The summed E-state index contributed by atoms with van der Waals surface area (Å²) in [6.45, 7) is 8.69. The Bertz CT molecular complexity index is 313. The molecule has 0 bridgehead atoms. The summed E-state index contributed by atoms with van der Waals surface area (Å²) < 4.78 is 4.90. The summed E-state index contributed by atoms with van der Waals surface area (Å²) in [5, 5.41) is 9.23. The third-order valence-electron chi connectivity index (χ3n) is 2.71. The average Bonchev–Trinajstić information content (AvgIpc) is 2.17. The highest BCUT2D eigenvalue weighted by Gasteiger charge is 2.40. The first kappa shape index (κ1) is 14.7. The molecule has 4 heteroatoms. The Labute approximate surface area is 96.3 Å². The van der Waals surface area contributed by atoms with Crippen LogP contribution in [0.5, 0.6) is 0 Å². The van der Waals surface area contributed by atoms with Gasteiger partial charge in [0.15, 0.2) is 0 Å². The number of rotatable bonds is 5. The quantitative estimate of drug-likeness (QED) is 0.579. The molecule has 0 saturated heterocycles. The lowest BCUT2D eigenvalue weighted by Crippen LogP contribution is -2.34. The van der Waals surface area contributed by atoms with E-state index in [0.29, 0.717) is 12.0 Å². The Balaban J connectivity index is 5.47. The maximum Gasteiger partial charge on any atom is 0.335 e. The Morgan fingerprint density at radius 3 is 2.00 bits per heavy atom. The number of carboxylic acid groups (broad SMARTS) is 1. The molecule has 4 nitrogen and oxygen atoms in total. The van der Waals surface area contributed by atoms with E-state index in [1.165, 1.54) is 0 Å². The van der Waals surface area contributed by atoms with Crippen molar-refractivity contribution in [1.82, 2.24) is 0 Å². The Hall–Kier alpha value is -1.32. The first-order valence-corrected chi connectivity index (χ1v) is 5.39. The van der Waals surface area contributed by atoms with Crippen LogP contribution in [0.1, 0.15) is 41.0 Å². The van der Waals surface area contributed by atoms with Crippen molar-refractivity contribution in [3.8, 4) is 0 Å². The second-order valence-electron chi connectivity index (χ2n) is 4.09. The van der Waals surface area contributed by atoms with E-state index in [9.17, 15) is 14.7 Å². The Kier molecular flexibility index (Phi) is 5.21. The summed E-state index contributed by atoms with van der Waals surface area (Å²) in [7, 11) is 0. The number of carboxylic acids is 1. The SMILES string of the molecule is CCOC(=O)C(=C(C)C)C(C)(CC)C(=O)O. The van der Waals surface area contributed by atoms with E-state index in [1.807, 2.05) is 0 Å². The highest BCUT2D eigenvalue weighted by Crippen LogP contribution is 2.34. The minimum atomic E-state index is -1.18. The highest BCUT2D eigenvalue weighted by atomic mass is 16.5. The fourth-order valence-electron chi connectivity index (χ4n) is 1.62. The number of aliphatic carboxylic acids is 1. The third-order valence-corrected chi connectivity index (χ3v) is 2.71. The lowest BCUT2D eigenvalue weighted by Gasteiger charge is -2.26. The van der Waals surface area contributed by atoms with Crippen LogP contribution in [0, 0.1) is 5.41 Å². The third kappa shape index (κ3) is 2.84. The van der Waals surface area contributed by atoms with Crippen LogP contribution in [-0.4, -0.2) is 23.7 Å². The lowest BCUT2D eigenvalue weighted by atomic mass is 9.77. The van der Waals surface area contributed by atoms with Gasteiger partial charge in [-0.3, -0.25) is 4.79 Å². The molecule has 1 atom stereocenters. The molecule has 0 aromatic heterocycles. The van der Waals surface area contributed by atoms with Crippen LogP contribution in [0.3, 0.4) is 0 Å². The predicted molar refractivity (Wildman–Crippen MR) is 61.0 cm³/mol. The van der Waals surface area contributed by atoms with Crippen molar-refractivity contribution in [3.05, 3.63) is 11.1 Å². The molecule has 0 spiro atoms. The maximum absolute atomic E-state index is 11.8. The van der Waals surface area contributed by atoms with Crippen molar-refractivity contribution < 1.29 is 19.4 Å². The predicted octanol–water partition coefficient (Wildman–Crippen LogP) is 2.39. The minimum absolute atomic E-state index is 0.245. The van der Waals surface area contributed by atoms with Crippen LogP contribution in [0.25, 0.3) is 0 Å². The average molecular weight is 228 g/mol. The van der Waals surface area contributed by atoms with Gasteiger partial charge in [0.05, 0.1) is 17.6 Å². The zero-order valence-corrected chi connectivity index (χ0v) is 10.6. The van der Waals surface area contributed by atoms with Crippen LogP contribution < -0.4 is 0 Å². The largest absolute Gasteiger partial charge is 0.481 e. The molecule has 0 aromatic rings. The lowest BCUT2D eigenvalue weighted by molar-refractivity contribution is -0.151. The minimum Gasteiger partial charge on any atom is -0.481 e. The van der Waals surface area contributed by atoms with Gasteiger partial charge in [-0.2, -0.15) is 0 Å². The maximum atomic E-state index is 11.8. The van der Waals surface area contributed by atoms with E-state index < -0.39 is 17.4 Å². The Morgan fingerprint density at radius 2 is 1.75 bits per heavy atom. The molecule has 16 heavy (non-hydrogen) atoms. The summed E-state index contributed by atoms with van der Waals surface area (Å²) in [5.74, 6) is -1.53. The number of carbonyl (C=O) groups is 2. The van der Waals surface area contributed by atoms with Gasteiger partial charge < -0.3 is 9.84 Å². The first-order chi connectivity index (χ1) is 7.31. The molecule has 1 unspecified atom stereocenters. The molecule has 0 aliphatic rings. The smallest absolute Gasteiger partial charge is 0.335 e. The zero-order chi connectivity index (χ0) is 12.9. The van der Waals surface area contributed by atoms with Crippen LogP contribution in [0.15, 0.2) is 11.1 Å². The number of carbonyl (C=O) groups excluding carboxylic acids is 1. The van der Waals surface area contributed by atoms with Gasteiger partial charge >= 0.3 is 11.9 Å². The van der Waals surface area contributed by atoms with E-state index in [1.54, 1.807) is 34.6 Å². The molecule has 0 aromatic carbocycles. The van der Waals surface area contributed by atoms with Crippen molar-refractivity contribution >= 4 is 11.9 Å². The van der Waals surface area contributed by atoms with Gasteiger partial charge in [0.1, 0.15) is 0 Å². The molecule has 0 aliphatic heterocycles. The molecule has 0 aliphatic carbocycles. The fraction of sp³-hybridized carbons (Fsp3) is 0.667. The first-order valence-electron chi connectivity index (χ1n) is 5.39. The van der Waals surface area contributed by atoms with Crippen molar-refractivity contribution in [2.24, 2.45) is 5.41 Å². The molecular formula is C12H20O4. The number of allylic oxidation sites excluding steroid dienone is 1. The monoisotopic (exact) mass is 228 g/mol. The van der Waals surface area contributed by atoms with Crippen molar-refractivity contribution in [1.29, 1.82) is 0 Å². The standard InChI is InChI=1S/C12H20O4/c1-6-12(5,11(14)15)9(8(3)4)10(13)16-7-2/h6-7H2,1-5H3,(H,14,15). The van der Waals surface area contributed by atoms with Crippen LogP contribution in [0.4, 0.5) is 0 Å². The fourth-order valence-corrected chi connectivity index (χ4v) is 1.62. The Morgan fingerprint density at radius 1 is 1.25 bits per heavy atom. The zero-order valence-electron chi connectivity index (χ0n) is 10.6. The number of ether oxygens (including phenoxy) is 1. The molecule has 1 N–H and O–H groups in total. The molecule has 92 valence electrons. The molecule has 0 fully saturated rings. The number of hydrogen-bond acceptors (Lipinski definition) is 3. The van der Waals surface area contributed by atoms with Gasteiger partial charge in [0, 0.05) is 0 Å². The van der Waals surface area contributed by atoms with E-state index in [-0.39, 0.29) is 12.2 Å². The van der Waals surface area contributed by atoms with Gasteiger partial charge in [0.25, 0.3) is 0 Å². The molecule has 0 heterocycles. The van der Waals surface area contributed by atoms with Gasteiger partial charge in [-0.25, -0.2) is 4.79 Å². The molecule has 0 saturated carbocycles. The summed E-state index contributed by atoms with van der Waals surface area (Å²) in [6.07, 6.45) is 0.349. The number of hydrogen-bond donors (Lipinski definition) is 1. The molecular weight excluding hydrogens is 208 g/mol. The van der Waals surface area contributed by atoms with Crippen LogP contribution >= 0.6 is 0 Å². The number of esters is 1. The van der Waals surface area contributed by atoms with Crippen LogP contribution in [0.2, 0.25) is 0 Å². The summed E-state index contributed by atoms with van der Waals surface area (Å²) in [4.78, 5) is 23.0. The summed E-state index contributed by atoms with van der Waals surface area (Å²) >= 11 is 0. The molecule has 0 amide bonds. The summed E-state index contributed by atoms with van der Waals surface area (Å²) in [6, 6.07) is 0. The van der Waals surface area contributed by atoms with Crippen molar-refractivity contribution in [2.45, 2.75) is 41.0 Å². The van der Waals surface area contributed by atoms with Crippen LogP contribution in [-0.2, 0) is 14.3 Å².